The lowest BCUT2D eigenvalue weighted by Gasteiger charge is -2.01. The molecule has 3 nitrogen and oxygen atoms in total. The topological polar surface area (TPSA) is 63.3 Å². The van der Waals surface area contributed by atoms with Crippen LogP contribution >= 0.6 is 11.8 Å². The second kappa shape index (κ2) is 5.56. The molecular formula is C6H13NO2S. The molecule has 4 heteroatoms. The Labute approximate surface area is 65.0 Å². The van der Waals surface area contributed by atoms with Crippen LogP contribution in [0.25, 0.3) is 0 Å². The minimum atomic E-state index is -0.755. The molecule has 0 aliphatic carbocycles. The number of hydrogen-bond acceptors (Lipinski definition) is 3. The van der Waals surface area contributed by atoms with Crippen LogP contribution < -0.4 is 5.73 Å². The summed E-state index contributed by atoms with van der Waals surface area (Å²) < 4.78 is 0. The second-order valence-electron chi connectivity index (χ2n) is 2.21. The molecule has 1 unspecified atom stereocenters. The maximum atomic E-state index is 9.99. The molecule has 0 fully saturated rings. The van der Waals surface area contributed by atoms with Crippen molar-refractivity contribution in [1.29, 1.82) is 0 Å². The number of rotatable bonds is 5. The Bertz CT molecular complexity index is 106. The lowest BCUT2D eigenvalue weighted by molar-refractivity contribution is -0.133. The van der Waals surface area contributed by atoms with Gasteiger partial charge in [0.05, 0.1) is 5.75 Å². The molecule has 0 rings (SSSR count). The zero-order chi connectivity index (χ0) is 7.98. The molecule has 0 aromatic heterocycles. The van der Waals surface area contributed by atoms with Gasteiger partial charge in [-0.15, -0.1) is 0 Å². The van der Waals surface area contributed by atoms with Crippen LogP contribution in [0.3, 0.4) is 0 Å². The first-order valence-electron chi connectivity index (χ1n) is 3.18. The number of hydrogen-bond donors (Lipinski definition) is 2. The summed E-state index contributed by atoms with van der Waals surface area (Å²) in [4.78, 5) is 9.99. The van der Waals surface area contributed by atoms with Crippen molar-refractivity contribution < 1.29 is 9.90 Å². The molecule has 0 amide bonds. The van der Waals surface area contributed by atoms with Crippen molar-refractivity contribution in [2.75, 3.05) is 11.5 Å². The number of thioether (sulfide) groups is 1. The van der Waals surface area contributed by atoms with Gasteiger partial charge in [-0.1, -0.05) is 0 Å². The van der Waals surface area contributed by atoms with Gasteiger partial charge in [0, 0.05) is 6.04 Å². The van der Waals surface area contributed by atoms with Crippen molar-refractivity contribution in [1.82, 2.24) is 0 Å². The quantitative estimate of drug-likeness (QED) is 0.581. The standard InChI is InChI=1S/C6H13NO2S/c1-5(7)2-3-10-4-6(8)9/h5H,2-4,7H2,1H3,(H,8,9). The first kappa shape index (κ1) is 9.78. The minimum Gasteiger partial charge on any atom is -0.481 e. The average molecular weight is 163 g/mol. The number of carbonyl (C=O) groups is 1. The summed E-state index contributed by atoms with van der Waals surface area (Å²) in [6.45, 7) is 1.92. The van der Waals surface area contributed by atoms with Gasteiger partial charge in [-0.2, -0.15) is 11.8 Å². The van der Waals surface area contributed by atoms with Gasteiger partial charge in [0.2, 0.25) is 0 Å². The minimum absolute atomic E-state index is 0.182. The van der Waals surface area contributed by atoms with Crippen LogP contribution in [0.2, 0.25) is 0 Å². The van der Waals surface area contributed by atoms with Crippen molar-refractivity contribution in [3.63, 3.8) is 0 Å². The van der Waals surface area contributed by atoms with E-state index in [1.807, 2.05) is 6.92 Å². The van der Waals surface area contributed by atoms with Crippen LogP contribution in [0.1, 0.15) is 13.3 Å². The van der Waals surface area contributed by atoms with Gasteiger partial charge in [0.25, 0.3) is 0 Å². The number of aliphatic carboxylic acids is 1. The molecule has 0 aromatic carbocycles. The van der Waals surface area contributed by atoms with Crippen LogP contribution in [-0.4, -0.2) is 28.6 Å². The van der Waals surface area contributed by atoms with E-state index in [4.69, 9.17) is 10.8 Å². The third kappa shape index (κ3) is 7.78. The highest BCUT2D eigenvalue weighted by Crippen LogP contribution is 2.02. The summed E-state index contributed by atoms with van der Waals surface area (Å²) in [6.07, 6.45) is 0.887. The maximum Gasteiger partial charge on any atom is 0.313 e. The van der Waals surface area contributed by atoms with Crippen LogP contribution in [0.4, 0.5) is 0 Å². The Morgan fingerprint density at radius 1 is 1.80 bits per heavy atom. The van der Waals surface area contributed by atoms with E-state index in [1.54, 1.807) is 0 Å². The summed E-state index contributed by atoms with van der Waals surface area (Å²) >= 11 is 1.41. The van der Waals surface area contributed by atoms with E-state index in [1.165, 1.54) is 11.8 Å². The average Bonchev–Trinajstić information content (AvgIpc) is 1.79. The summed E-state index contributed by atoms with van der Waals surface area (Å²) in [6, 6.07) is 0.182. The second-order valence-corrected chi connectivity index (χ2v) is 3.32. The van der Waals surface area contributed by atoms with Gasteiger partial charge in [-0.25, -0.2) is 0 Å². The Hall–Kier alpha value is -0.220. The van der Waals surface area contributed by atoms with E-state index in [0.29, 0.717) is 0 Å². The molecule has 0 saturated carbocycles. The molecule has 0 spiro atoms. The van der Waals surface area contributed by atoms with Crippen molar-refractivity contribution in [3.05, 3.63) is 0 Å². The summed E-state index contributed by atoms with van der Waals surface area (Å²) in [5.74, 6) is 0.270. The van der Waals surface area contributed by atoms with Gasteiger partial charge < -0.3 is 10.8 Å². The van der Waals surface area contributed by atoms with Gasteiger partial charge in [0.1, 0.15) is 0 Å². The maximum absolute atomic E-state index is 9.99. The first-order valence-corrected chi connectivity index (χ1v) is 4.33. The Morgan fingerprint density at radius 3 is 2.80 bits per heavy atom. The molecule has 1 atom stereocenters. The van der Waals surface area contributed by atoms with Gasteiger partial charge in [-0.05, 0) is 19.1 Å². The molecule has 3 N–H and O–H groups in total. The number of carboxylic acids is 1. The van der Waals surface area contributed by atoms with Gasteiger partial charge in [-0.3, -0.25) is 4.79 Å². The normalized spacial score (nSPS) is 13.0. The molecular weight excluding hydrogens is 150 g/mol. The van der Waals surface area contributed by atoms with Crippen molar-refractivity contribution in [2.45, 2.75) is 19.4 Å². The SMILES string of the molecule is CC(N)CCSCC(=O)O. The highest BCUT2D eigenvalue weighted by molar-refractivity contribution is 7.99. The zero-order valence-corrected chi connectivity index (χ0v) is 6.86. The largest absolute Gasteiger partial charge is 0.481 e. The van der Waals surface area contributed by atoms with E-state index < -0.39 is 5.97 Å². The highest BCUT2D eigenvalue weighted by Gasteiger charge is 1.97. The molecule has 0 heterocycles. The van der Waals surface area contributed by atoms with Crippen LogP contribution in [0.5, 0.6) is 0 Å². The molecule has 10 heavy (non-hydrogen) atoms. The van der Waals surface area contributed by atoms with Crippen molar-refractivity contribution in [3.8, 4) is 0 Å². The van der Waals surface area contributed by atoms with Crippen LogP contribution in [0.15, 0.2) is 0 Å². The third-order valence-corrected chi connectivity index (χ3v) is 1.92. The van der Waals surface area contributed by atoms with E-state index >= 15 is 0 Å². The van der Waals surface area contributed by atoms with E-state index in [2.05, 4.69) is 0 Å². The lowest BCUT2D eigenvalue weighted by atomic mass is 10.3. The monoisotopic (exact) mass is 163 g/mol. The van der Waals surface area contributed by atoms with Crippen molar-refractivity contribution >= 4 is 17.7 Å². The third-order valence-electron chi connectivity index (χ3n) is 0.943. The van der Waals surface area contributed by atoms with Gasteiger partial charge in [0.15, 0.2) is 0 Å². The molecule has 60 valence electrons. The van der Waals surface area contributed by atoms with Gasteiger partial charge >= 0.3 is 5.97 Å². The summed E-state index contributed by atoms with van der Waals surface area (Å²) in [5, 5.41) is 8.23. The molecule has 0 radical (unpaired) electrons. The highest BCUT2D eigenvalue weighted by atomic mass is 32.2. The van der Waals surface area contributed by atoms with E-state index in [0.717, 1.165) is 12.2 Å². The smallest absolute Gasteiger partial charge is 0.313 e. The fourth-order valence-electron chi connectivity index (χ4n) is 0.429. The zero-order valence-electron chi connectivity index (χ0n) is 6.04. The van der Waals surface area contributed by atoms with Crippen LogP contribution in [0, 0.1) is 0 Å². The Morgan fingerprint density at radius 2 is 2.40 bits per heavy atom. The fourth-order valence-corrected chi connectivity index (χ4v) is 1.29. The number of carboxylic acid groups (broad SMARTS) is 1. The summed E-state index contributed by atoms with van der Waals surface area (Å²) in [7, 11) is 0. The molecule has 0 aliphatic heterocycles. The number of nitrogens with two attached hydrogens (primary N) is 1. The molecule has 0 aromatic rings. The predicted octanol–water partition coefficient (Wildman–Crippen LogP) is 0.542. The molecule has 0 saturated heterocycles. The fraction of sp³-hybridized carbons (Fsp3) is 0.833. The van der Waals surface area contributed by atoms with E-state index in [9.17, 15) is 4.79 Å². The van der Waals surface area contributed by atoms with Crippen LogP contribution in [-0.2, 0) is 4.79 Å². The summed E-state index contributed by atoms with van der Waals surface area (Å²) in [5.41, 5.74) is 5.45. The van der Waals surface area contributed by atoms with Crippen molar-refractivity contribution in [2.24, 2.45) is 5.73 Å². The predicted molar refractivity (Wildman–Crippen MR) is 43.2 cm³/mol. The lowest BCUT2D eigenvalue weighted by Crippen LogP contribution is -2.15. The first-order chi connectivity index (χ1) is 4.63. The Kier molecular flexibility index (Phi) is 5.43. The molecule has 0 bridgehead atoms. The Balaban J connectivity index is 2.98. The molecule has 0 aliphatic rings. The van der Waals surface area contributed by atoms with E-state index in [-0.39, 0.29) is 11.8 Å².